The zero-order chi connectivity index (χ0) is 15.3. The highest BCUT2D eigenvalue weighted by atomic mass is 16.5. The molecule has 1 aromatic carbocycles. The van der Waals surface area contributed by atoms with E-state index in [0.29, 0.717) is 17.0 Å². The Balaban J connectivity index is 1.79. The molecular formula is C18H21NO2. The Morgan fingerprint density at radius 3 is 2.71 bits per heavy atom. The SMILES string of the molecule is CC1(C)C2CCC1(C)C(OC(=O)c1cccc(C#N)c1)C2. The Morgan fingerprint density at radius 2 is 2.14 bits per heavy atom. The van der Waals surface area contributed by atoms with Gasteiger partial charge < -0.3 is 4.74 Å². The first-order valence-corrected chi connectivity index (χ1v) is 7.59. The maximum atomic E-state index is 12.4. The van der Waals surface area contributed by atoms with Crippen LogP contribution >= 0.6 is 0 Å². The lowest BCUT2D eigenvalue weighted by atomic mass is 9.70. The normalized spacial score (nSPS) is 32.7. The second-order valence-corrected chi connectivity index (χ2v) is 7.20. The molecule has 0 spiro atoms. The van der Waals surface area contributed by atoms with Crippen molar-refractivity contribution in [2.24, 2.45) is 16.7 Å². The van der Waals surface area contributed by atoms with Crippen molar-refractivity contribution >= 4 is 5.97 Å². The predicted molar refractivity (Wildman–Crippen MR) is 79.6 cm³/mol. The molecule has 2 aliphatic rings. The summed E-state index contributed by atoms with van der Waals surface area (Å²) in [6, 6.07) is 8.79. The zero-order valence-corrected chi connectivity index (χ0v) is 12.8. The minimum absolute atomic E-state index is 0.00973. The minimum atomic E-state index is -0.304. The molecule has 3 rings (SSSR count). The lowest BCUT2D eigenvalue weighted by Crippen LogP contribution is -2.38. The van der Waals surface area contributed by atoms with Crippen molar-refractivity contribution in [2.45, 2.75) is 46.1 Å². The molecule has 21 heavy (non-hydrogen) atoms. The molecule has 0 saturated heterocycles. The summed E-state index contributed by atoms with van der Waals surface area (Å²) < 4.78 is 5.82. The Hall–Kier alpha value is -1.82. The number of nitrogens with zero attached hydrogens (tertiary/aromatic N) is 1. The standard InChI is InChI=1S/C18H21NO2/c1-17(2)14-7-8-18(17,3)15(10-14)21-16(20)13-6-4-5-12(9-13)11-19/h4-6,9,14-15H,7-8,10H2,1-3H3. The van der Waals surface area contributed by atoms with Crippen LogP contribution in [-0.4, -0.2) is 12.1 Å². The maximum absolute atomic E-state index is 12.4. The van der Waals surface area contributed by atoms with E-state index >= 15 is 0 Å². The maximum Gasteiger partial charge on any atom is 0.338 e. The second kappa shape index (κ2) is 4.59. The number of nitriles is 1. The molecule has 3 nitrogen and oxygen atoms in total. The molecule has 2 saturated carbocycles. The van der Waals surface area contributed by atoms with Crippen molar-refractivity contribution < 1.29 is 9.53 Å². The van der Waals surface area contributed by atoms with Crippen LogP contribution in [0.15, 0.2) is 24.3 Å². The van der Waals surface area contributed by atoms with Crippen LogP contribution in [0, 0.1) is 28.1 Å². The zero-order valence-electron chi connectivity index (χ0n) is 12.8. The molecule has 3 atom stereocenters. The van der Waals surface area contributed by atoms with E-state index in [0.717, 1.165) is 12.8 Å². The summed E-state index contributed by atoms with van der Waals surface area (Å²) in [7, 11) is 0. The number of fused-ring (bicyclic) bond motifs is 2. The summed E-state index contributed by atoms with van der Waals surface area (Å²) in [5, 5.41) is 8.92. The minimum Gasteiger partial charge on any atom is -0.458 e. The van der Waals surface area contributed by atoms with Gasteiger partial charge in [0.05, 0.1) is 17.2 Å². The number of carbonyl (C=O) groups is 1. The van der Waals surface area contributed by atoms with Crippen LogP contribution in [0.5, 0.6) is 0 Å². The largest absolute Gasteiger partial charge is 0.458 e. The molecule has 0 radical (unpaired) electrons. The number of esters is 1. The number of carbonyl (C=O) groups excluding carboxylic acids is 1. The van der Waals surface area contributed by atoms with Crippen LogP contribution in [0.4, 0.5) is 0 Å². The number of benzene rings is 1. The van der Waals surface area contributed by atoms with E-state index in [4.69, 9.17) is 10.00 Å². The Morgan fingerprint density at radius 1 is 1.38 bits per heavy atom. The summed E-state index contributed by atoms with van der Waals surface area (Å²) >= 11 is 0. The van der Waals surface area contributed by atoms with Gasteiger partial charge in [-0.3, -0.25) is 0 Å². The van der Waals surface area contributed by atoms with E-state index in [9.17, 15) is 4.79 Å². The van der Waals surface area contributed by atoms with Gasteiger partial charge in [0.2, 0.25) is 0 Å². The fourth-order valence-electron chi connectivity index (χ4n) is 4.22. The molecule has 2 fully saturated rings. The molecule has 2 aliphatic carbocycles. The fourth-order valence-corrected chi connectivity index (χ4v) is 4.22. The third kappa shape index (κ3) is 1.97. The number of hydrogen-bond acceptors (Lipinski definition) is 3. The molecule has 0 aromatic heterocycles. The molecule has 0 amide bonds. The van der Waals surface area contributed by atoms with E-state index in [1.54, 1.807) is 24.3 Å². The Kier molecular flexibility index (Phi) is 3.09. The average molecular weight is 283 g/mol. The third-order valence-electron chi connectivity index (χ3n) is 6.19. The van der Waals surface area contributed by atoms with Crippen molar-refractivity contribution in [3.8, 4) is 6.07 Å². The van der Waals surface area contributed by atoms with E-state index in [1.807, 2.05) is 0 Å². The lowest BCUT2D eigenvalue weighted by molar-refractivity contribution is -0.0242. The second-order valence-electron chi connectivity index (χ2n) is 7.20. The first-order valence-electron chi connectivity index (χ1n) is 7.59. The van der Waals surface area contributed by atoms with E-state index < -0.39 is 0 Å². The fraction of sp³-hybridized carbons (Fsp3) is 0.556. The molecule has 0 N–H and O–H groups in total. The quantitative estimate of drug-likeness (QED) is 0.773. The van der Waals surface area contributed by atoms with E-state index in [1.165, 1.54) is 6.42 Å². The van der Waals surface area contributed by atoms with Crippen LogP contribution in [-0.2, 0) is 4.74 Å². The monoisotopic (exact) mass is 283 g/mol. The van der Waals surface area contributed by atoms with Gasteiger partial charge in [0.15, 0.2) is 0 Å². The molecule has 110 valence electrons. The summed E-state index contributed by atoms with van der Waals surface area (Å²) in [5.41, 5.74) is 1.26. The molecule has 0 aliphatic heterocycles. The van der Waals surface area contributed by atoms with Crippen LogP contribution in [0.3, 0.4) is 0 Å². The van der Waals surface area contributed by atoms with Gasteiger partial charge in [0.25, 0.3) is 0 Å². The summed E-state index contributed by atoms with van der Waals surface area (Å²) in [5.74, 6) is 0.340. The van der Waals surface area contributed by atoms with Crippen molar-refractivity contribution in [2.75, 3.05) is 0 Å². The van der Waals surface area contributed by atoms with Crippen LogP contribution in [0.25, 0.3) is 0 Å². The summed E-state index contributed by atoms with van der Waals surface area (Å²) in [4.78, 5) is 12.4. The van der Waals surface area contributed by atoms with Gasteiger partial charge >= 0.3 is 5.97 Å². The van der Waals surface area contributed by atoms with Gasteiger partial charge in [0, 0.05) is 5.41 Å². The molecular weight excluding hydrogens is 262 g/mol. The highest BCUT2D eigenvalue weighted by molar-refractivity contribution is 5.90. The highest BCUT2D eigenvalue weighted by Crippen LogP contribution is 2.66. The van der Waals surface area contributed by atoms with Crippen LogP contribution in [0.2, 0.25) is 0 Å². The average Bonchev–Trinajstić information content (AvgIpc) is 2.80. The number of ether oxygens (including phenoxy) is 1. The molecule has 2 bridgehead atoms. The van der Waals surface area contributed by atoms with Crippen LogP contribution < -0.4 is 0 Å². The first kappa shape index (κ1) is 14.1. The van der Waals surface area contributed by atoms with Gasteiger partial charge in [0.1, 0.15) is 6.10 Å². The van der Waals surface area contributed by atoms with Gasteiger partial charge in [-0.05, 0) is 48.8 Å². The van der Waals surface area contributed by atoms with Gasteiger partial charge in [-0.1, -0.05) is 26.8 Å². The lowest BCUT2D eigenvalue weighted by Gasteiger charge is -2.38. The van der Waals surface area contributed by atoms with Crippen molar-refractivity contribution in [1.82, 2.24) is 0 Å². The third-order valence-corrected chi connectivity index (χ3v) is 6.19. The predicted octanol–water partition coefficient (Wildman–Crippen LogP) is 3.93. The van der Waals surface area contributed by atoms with E-state index in [2.05, 4.69) is 26.8 Å². The molecule has 3 heteroatoms. The highest BCUT2D eigenvalue weighted by Gasteiger charge is 2.62. The first-order chi connectivity index (χ1) is 9.88. The van der Waals surface area contributed by atoms with Crippen molar-refractivity contribution in [1.29, 1.82) is 5.26 Å². The topological polar surface area (TPSA) is 50.1 Å². The molecule has 0 heterocycles. The Labute approximate surface area is 125 Å². The van der Waals surface area contributed by atoms with Crippen molar-refractivity contribution in [3.05, 3.63) is 35.4 Å². The molecule has 1 aromatic rings. The van der Waals surface area contributed by atoms with Gasteiger partial charge in [-0.15, -0.1) is 0 Å². The number of hydrogen-bond donors (Lipinski definition) is 0. The van der Waals surface area contributed by atoms with Crippen molar-refractivity contribution in [3.63, 3.8) is 0 Å². The Bertz CT molecular complexity index is 628. The summed E-state index contributed by atoms with van der Waals surface area (Å²) in [6.07, 6.45) is 3.32. The van der Waals surface area contributed by atoms with Gasteiger partial charge in [-0.2, -0.15) is 5.26 Å². The summed E-state index contributed by atoms with van der Waals surface area (Å²) in [6.45, 7) is 6.85. The molecule has 3 unspecified atom stereocenters. The number of rotatable bonds is 2. The van der Waals surface area contributed by atoms with Gasteiger partial charge in [-0.25, -0.2) is 4.79 Å². The van der Waals surface area contributed by atoms with E-state index in [-0.39, 0.29) is 22.9 Å². The van der Waals surface area contributed by atoms with Crippen LogP contribution in [0.1, 0.15) is 56.0 Å². The smallest absolute Gasteiger partial charge is 0.338 e.